The monoisotopic (exact) mass is 377 g/mol. The van der Waals surface area contributed by atoms with E-state index in [1.54, 1.807) is 29.4 Å². The van der Waals surface area contributed by atoms with E-state index in [4.69, 9.17) is 5.11 Å². The lowest BCUT2D eigenvalue weighted by Crippen LogP contribution is -2.27. The van der Waals surface area contributed by atoms with E-state index in [0.717, 1.165) is 12.8 Å². The summed E-state index contributed by atoms with van der Waals surface area (Å²) in [4.78, 5) is 24.2. The Labute approximate surface area is 163 Å². The Morgan fingerprint density at radius 3 is 2.26 bits per heavy atom. The Bertz CT molecular complexity index is 535. The molecule has 0 unspecified atom stereocenters. The number of carboxylic acids is 1. The lowest BCUT2D eigenvalue weighted by Gasteiger charge is -2.02. The first-order valence-electron chi connectivity index (χ1n) is 9.29. The SMILES string of the molecule is C=CC(=O)NC(C)C.C=Cn1ccnc1.CCCCCCCC=CC(=O)O. The second kappa shape index (κ2) is 19.7. The predicted octanol–water partition coefficient (Wildman–Crippen LogP) is 4.67. The van der Waals surface area contributed by atoms with Crippen LogP contribution in [0.3, 0.4) is 0 Å². The molecule has 1 rings (SSSR count). The fourth-order valence-electron chi connectivity index (χ4n) is 1.77. The molecule has 0 bridgehead atoms. The average molecular weight is 378 g/mol. The summed E-state index contributed by atoms with van der Waals surface area (Å²) in [6.45, 7) is 12.8. The van der Waals surface area contributed by atoms with Crippen molar-refractivity contribution in [1.82, 2.24) is 14.9 Å². The Morgan fingerprint density at radius 2 is 1.89 bits per heavy atom. The van der Waals surface area contributed by atoms with Gasteiger partial charge in [-0.1, -0.05) is 51.8 Å². The third-order valence-electron chi connectivity index (χ3n) is 3.09. The van der Waals surface area contributed by atoms with Gasteiger partial charge in [-0.15, -0.1) is 0 Å². The van der Waals surface area contributed by atoms with E-state index in [9.17, 15) is 9.59 Å². The van der Waals surface area contributed by atoms with Crippen molar-refractivity contribution >= 4 is 18.1 Å². The molecule has 0 saturated carbocycles. The molecule has 1 aromatic heterocycles. The van der Waals surface area contributed by atoms with Crippen molar-refractivity contribution in [1.29, 1.82) is 0 Å². The van der Waals surface area contributed by atoms with Gasteiger partial charge in [0.2, 0.25) is 5.91 Å². The third kappa shape index (κ3) is 23.4. The Hall–Kier alpha value is -2.63. The van der Waals surface area contributed by atoms with Crippen molar-refractivity contribution in [2.75, 3.05) is 0 Å². The Kier molecular flexibility index (Phi) is 19.4. The number of aliphatic carboxylic acids is 1. The normalized spacial score (nSPS) is 9.63. The van der Waals surface area contributed by atoms with Gasteiger partial charge in [-0.2, -0.15) is 0 Å². The molecule has 0 aliphatic carbocycles. The molecule has 2 N–H and O–H groups in total. The van der Waals surface area contributed by atoms with Gasteiger partial charge in [0.25, 0.3) is 0 Å². The first kappa shape index (κ1) is 26.6. The molecule has 27 heavy (non-hydrogen) atoms. The molecule has 6 heteroatoms. The van der Waals surface area contributed by atoms with E-state index in [1.165, 1.54) is 37.8 Å². The van der Waals surface area contributed by atoms with Gasteiger partial charge in [0, 0.05) is 30.7 Å². The van der Waals surface area contributed by atoms with Crippen LogP contribution in [0.5, 0.6) is 0 Å². The number of hydrogen-bond donors (Lipinski definition) is 2. The number of nitrogens with zero attached hydrogens (tertiary/aromatic N) is 2. The molecule has 0 fully saturated rings. The van der Waals surface area contributed by atoms with Gasteiger partial charge < -0.3 is 15.0 Å². The first-order chi connectivity index (χ1) is 12.9. The molecule has 6 nitrogen and oxygen atoms in total. The van der Waals surface area contributed by atoms with Crippen molar-refractivity contribution in [3.63, 3.8) is 0 Å². The minimum Gasteiger partial charge on any atom is -0.478 e. The van der Waals surface area contributed by atoms with Crippen molar-refractivity contribution < 1.29 is 14.7 Å². The summed E-state index contributed by atoms with van der Waals surface area (Å²) in [5, 5.41) is 10.9. The fourth-order valence-corrected chi connectivity index (χ4v) is 1.77. The zero-order valence-corrected chi connectivity index (χ0v) is 16.9. The van der Waals surface area contributed by atoms with Gasteiger partial charge in [-0.25, -0.2) is 9.78 Å². The topological polar surface area (TPSA) is 84.2 Å². The van der Waals surface area contributed by atoms with Crippen LogP contribution in [-0.2, 0) is 9.59 Å². The van der Waals surface area contributed by atoms with Crippen LogP contribution in [0.25, 0.3) is 6.20 Å². The number of hydrogen-bond acceptors (Lipinski definition) is 3. The molecule has 1 heterocycles. The van der Waals surface area contributed by atoms with E-state index in [0.29, 0.717) is 0 Å². The summed E-state index contributed by atoms with van der Waals surface area (Å²) in [7, 11) is 0. The molecule has 0 saturated heterocycles. The van der Waals surface area contributed by atoms with E-state index in [-0.39, 0.29) is 11.9 Å². The maximum atomic E-state index is 10.4. The quantitative estimate of drug-likeness (QED) is 0.458. The first-order valence-corrected chi connectivity index (χ1v) is 9.29. The maximum Gasteiger partial charge on any atom is 0.327 e. The molecule has 0 spiro atoms. The minimum absolute atomic E-state index is 0.111. The number of carboxylic acid groups (broad SMARTS) is 1. The maximum absolute atomic E-state index is 10.4. The van der Waals surface area contributed by atoms with Crippen LogP contribution in [0.15, 0.2) is 50.1 Å². The minimum atomic E-state index is -0.844. The number of aromatic nitrogens is 2. The summed E-state index contributed by atoms with van der Waals surface area (Å²) < 4.78 is 1.78. The summed E-state index contributed by atoms with van der Waals surface area (Å²) in [5.41, 5.74) is 0. The van der Waals surface area contributed by atoms with Gasteiger partial charge in [-0.05, 0) is 32.8 Å². The van der Waals surface area contributed by atoms with Crippen LogP contribution in [0, 0.1) is 0 Å². The molecule has 0 aliphatic rings. The Morgan fingerprint density at radius 1 is 1.22 bits per heavy atom. The standard InChI is InChI=1S/C10H18O2.C6H11NO.C5H6N2/c1-2-3-4-5-6-7-8-9-10(11)12;1-4-6(8)7-5(2)3;1-2-7-4-3-6-5-7/h8-9H,2-7H2,1H3,(H,11,12);4-5H,1H2,2-3H3,(H,7,8);2-5H,1H2. The van der Waals surface area contributed by atoms with Gasteiger partial charge in [0.15, 0.2) is 0 Å². The molecule has 0 aromatic carbocycles. The highest BCUT2D eigenvalue weighted by atomic mass is 16.4. The predicted molar refractivity (Wildman–Crippen MR) is 112 cm³/mol. The number of carbonyl (C=O) groups excluding carboxylic acids is 1. The lowest BCUT2D eigenvalue weighted by molar-refractivity contribution is -0.131. The van der Waals surface area contributed by atoms with Gasteiger partial charge in [0.1, 0.15) is 0 Å². The van der Waals surface area contributed by atoms with Crippen LogP contribution >= 0.6 is 0 Å². The van der Waals surface area contributed by atoms with Crippen molar-refractivity contribution in [3.05, 3.63) is 50.1 Å². The number of unbranched alkanes of at least 4 members (excludes halogenated alkanes) is 5. The summed E-state index contributed by atoms with van der Waals surface area (Å²) in [6.07, 6.45) is 18.2. The van der Waals surface area contributed by atoms with Crippen molar-refractivity contribution in [2.45, 2.75) is 65.3 Å². The number of allylic oxidation sites excluding steroid dienone is 1. The van der Waals surface area contributed by atoms with Crippen LogP contribution in [0.1, 0.15) is 59.3 Å². The zero-order valence-electron chi connectivity index (χ0n) is 16.9. The van der Waals surface area contributed by atoms with E-state index in [1.807, 2.05) is 20.0 Å². The molecule has 0 aliphatic heterocycles. The van der Waals surface area contributed by atoms with Gasteiger partial charge >= 0.3 is 5.97 Å². The largest absolute Gasteiger partial charge is 0.478 e. The summed E-state index contributed by atoms with van der Waals surface area (Å²) >= 11 is 0. The second-order valence-electron chi connectivity index (χ2n) is 6.00. The molecule has 152 valence electrons. The molecular formula is C21H35N3O3. The average Bonchev–Trinajstić information content (AvgIpc) is 3.15. The molecule has 0 radical (unpaired) electrons. The molecule has 0 atom stereocenters. The number of rotatable bonds is 10. The van der Waals surface area contributed by atoms with E-state index < -0.39 is 5.97 Å². The zero-order chi connectivity index (χ0) is 20.9. The van der Waals surface area contributed by atoms with Crippen molar-refractivity contribution in [3.8, 4) is 0 Å². The lowest BCUT2D eigenvalue weighted by atomic mass is 10.1. The Balaban J connectivity index is 0. The molecule has 1 aromatic rings. The summed E-state index contributed by atoms with van der Waals surface area (Å²) in [5.74, 6) is -0.955. The van der Waals surface area contributed by atoms with Crippen LogP contribution in [-0.4, -0.2) is 32.6 Å². The number of carbonyl (C=O) groups is 2. The highest BCUT2D eigenvalue weighted by Gasteiger charge is 1.93. The number of nitrogens with one attached hydrogen (secondary N) is 1. The smallest absolute Gasteiger partial charge is 0.327 e. The fraction of sp³-hybridized carbons (Fsp3) is 0.476. The highest BCUT2D eigenvalue weighted by Crippen LogP contribution is 2.04. The highest BCUT2D eigenvalue weighted by molar-refractivity contribution is 5.86. The third-order valence-corrected chi connectivity index (χ3v) is 3.09. The van der Waals surface area contributed by atoms with Crippen LogP contribution in [0.4, 0.5) is 0 Å². The second-order valence-corrected chi connectivity index (χ2v) is 6.00. The molecule has 1 amide bonds. The van der Waals surface area contributed by atoms with Crippen molar-refractivity contribution in [2.24, 2.45) is 0 Å². The van der Waals surface area contributed by atoms with Crippen LogP contribution in [0.2, 0.25) is 0 Å². The van der Waals surface area contributed by atoms with E-state index >= 15 is 0 Å². The molecular weight excluding hydrogens is 342 g/mol. The van der Waals surface area contributed by atoms with Crippen LogP contribution < -0.4 is 5.32 Å². The van der Waals surface area contributed by atoms with Gasteiger partial charge in [0.05, 0.1) is 6.33 Å². The number of amides is 1. The number of imidazole rings is 1. The van der Waals surface area contributed by atoms with Gasteiger partial charge in [-0.3, -0.25) is 4.79 Å². The van der Waals surface area contributed by atoms with E-state index in [2.05, 4.69) is 30.4 Å². The summed E-state index contributed by atoms with van der Waals surface area (Å²) in [6, 6.07) is 0.209.